The van der Waals surface area contributed by atoms with Crippen LogP contribution in [0.4, 0.5) is 0 Å². The van der Waals surface area contributed by atoms with Crippen LogP contribution in [0.5, 0.6) is 5.88 Å². The fraction of sp³-hybridized carbons (Fsp3) is 0.400. The summed E-state index contributed by atoms with van der Waals surface area (Å²) in [5.74, 6) is 0.742. The van der Waals surface area contributed by atoms with Crippen molar-refractivity contribution in [3.8, 4) is 17.0 Å². The van der Waals surface area contributed by atoms with Crippen molar-refractivity contribution in [1.29, 1.82) is 0 Å². The summed E-state index contributed by atoms with van der Waals surface area (Å²) >= 11 is 0. The van der Waals surface area contributed by atoms with Crippen LogP contribution in [0.3, 0.4) is 0 Å². The molecule has 2 bridgehead atoms. The van der Waals surface area contributed by atoms with Gasteiger partial charge < -0.3 is 9.84 Å². The van der Waals surface area contributed by atoms with Gasteiger partial charge in [0.2, 0.25) is 5.88 Å². The van der Waals surface area contributed by atoms with Gasteiger partial charge in [-0.2, -0.15) is 15.3 Å². The predicted molar refractivity (Wildman–Crippen MR) is 132 cm³/mol. The Hall–Kier alpha value is -3.43. The maximum absolute atomic E-state index is 10.0. The summed E-state index contributed by atoms with van der Waals surface area (Å²) in [6.07, 6.45) is 5.45. The molecule has 2 atom stereocenters. The van der Waals surface area contributed by atoms with E-state index in [4.69, 9.17) is 9.84 Å². The van der Waals surface area contributed by atoms with E-state index in [1.165, 1.54) is 0 Å². The van der Waals surface area contributed by atoms with E-state index in [0.717, 1.165) is 50.6 Å². The molecule has 5 rings (SSSR count). The number of aromatic amines is 1. The maximum Gasteiger partial charge on any atom is 0.219 e. The van der Waals surface area contributed by atoms with Crippen LogP contribution in [-0.4, -0.2) is 65.6 Å². The van der Waals surface area contributed by atoms with Gasteiger partial charge >= 0.3 is 0 Å². The molecule has 34 heavy (non-hydrogen) atoms. The van der Waals surface area contributed by atoms with Crippen LogP contribution in [0.25, 0.3) is 34.2 Å². The average molecular weight is 462 g/mol. The quantitative estimate of drug-likeness (QED) is 0.476. The molecule has 4 aromatic rings. The minimum Gasteiger partial charge on any atom is -0.473 e. The highest BCUT2D eigenvalue weighted by Crippen LogP contribution is 2.33. The monoisotopic (exact) mass is 461 g/mol. The summed E-state index contributed by atoms with van der Waals surface area (Å²) < 4.78 is 10.1. The van der Waals surface area contributed by atoms with Gasteiger partial charge in [0.05, 0.1) is 47.0 Å². The lowest BCUT2D eigenvalue weighted by Crippen LogP contribution is -2.32. The second-order valence-corrected chi connectivity index (χ2v) is 9.29. The first kappa shape index (κ1) is 22.4. The molecule has 1 aliphatic rings. The maximum atomic E-state index is 10.0. The number of likely N-dealkylation sites (N-methyl/N-ethyl adjacent to an activating group) is 1. The first-order chi connectivity index (χ1) is 16.3. The molecule has 0 aliphatic carbocycles. The van der Waals surface area contributed by atoms with Crippen molar-refractivity contribution in [3.63, 3.8) is 0 Å². The summed E-state index contributed by atoms with van der Waals surface area (Å²) in [5.41, 5.74) is 6.85. The van der Waals surface area contributed by atoms with E-state index in [1.807, 2.05) is 30.9 Å². The number of ether oxygens (including phenoxy) is 1. The summed E-state index contributed by atoms with van der Waals surface area (Å²) in [6, 6.07) is 6.20. The fourth-order valence-electron chi connectivity index (χ4n) is 4.67. The second-order valence-electron chi connectivity index (χ2n) is 9.29. The Morgan fingerprint density at radius 2 is 2.09 bits per heavy atom. The number of aliphatic hydroxyl groups is 1. The van der Waals surface area contributed by atoms with Crippen molar-refractivity contribution in [2.45, 2.75) is 46.1 Å². The van der Waals surface area contributed by atoms with Crippen LogP contribution in [0.1, 0.15) is 36.5 Å². The minimum absolute atomic E-state index is 0.0641. The van der Waals surface area contributed by atoms with E-state index in [-0.39, 0.29) is 6.10 Å². The largest absolute Gasteiger partial charge is 0.473 e. The van der Waals surface area contributed by atoms with Gasteiger partial charge in [-0.05, 0) is 57.7 Å². The van der Waals surface area contributed by atoms with Crippen molar-refractivity contribution in [3.05, 3.63) is 47.0 Å². The third-order valence-electron chi connectivity index (χ3n) is 6.22. The summed E-state index contributed by atoms with van der Waals surface area (Å²) in [7, 11) is 3.98. The highest BCUT2D eigenvalue weighted by atomic mass is 16.5. The Morgan fingerprint density at radius 1 is 1.26 bits per heavy atom. The number of aliphatic hydroxyl groups excluding tert-OH is 1. The van der Waals surface area contributed by atoms with Crippen molar-refractivity contribution < 1.29 is 9.84 Å². The molecule has 9 heteroatoms. The van der Waals surface area contributed by atoms with Crippen LogP contribution in [0, 0.1) is 6.92 Å². The van der Waals surface area contributed by atoms with Crippen LogP contribution < -0.4 is 4.74 Å². The lowest BCUT2D eigenvalue weighted by atomic mass is 10.0. The zero-order valence-electron chi connectivity index (χ0n) is 20.3. The fourth-order valence-corrected chi connectivity index (χ4v) is 4.67. The number of aryl methyl sites for hydroxylation is 2. The number of nitrogens with zero attached hydrogens (tertiary/aromatic N) is 6. The van der Waals surface area contributed by atoms with Crippen molar-refractivity contribution in [1.82, 2.24) is 34.7 Å². The van der Waals surface area contributed by atoms with E-state index in [0.29, 0.717) is 19.6 Å². The second kappa shape index (κ2) is 8.73. The first-order valence-corrected chi connectivity index (χ1v) is 11.6. The number of fused-ring (bicyclic) bond motifs is 4. The Labute approximate surface area is 198 Å². The number of rotatable bonds is 2. The Balaban J connectivity index is 1.67. The SMILES string of the molecule is Cc1nn(C[C@@H](C)O)c2c1/C=C\c1[nH]nc3ccc(cc13)-c1cnn(C)c1O[C@@H](C)CN(C)C2. The van der Waals surface area contributed by atoms with Gasteiger partial charge in [0.1, 0.15) is 6.10 Å². The molecule has 0 amide bonds. The van der Waals surface area contributed by atoms with Crippen LogP contribution in [-0.2, 0) is 20.1 Å². The zero-order chi connectivity index (χ0) is 24.0. The molecule has 1 aliphatic heterocycles. The minimum atomic E-state index is -0.491. The molecule has 0 radical (unpaired) electrons. The Bertz CT molecular complexity index is 1360. The smallest absolute Gasteiger partial charge is 0.219 e. The number of H-pyrrole nitrogens is 1. The Kier molecular flexibility index (Phi) is 5.75. The van der Waals surface area contributed by atoms with E-state index < -0.39 is 6.10 Å². The molecule has 4 heterocycles. The summed E-state index contributed by atoms with van der Waals surface area (Å²) in [4.78, 5) is 2.22. The lowest BCUT2D eigenvalue weighted by Gasteiger charge is -2.23. The zero-order valence-corrected chi connectivity index (χ0v) is 20.3. The van der Waals surface area contributed by atoms with Crippen LogP contribution >= 0.6 is 0 Å². The van der Waals surface area contributed by atoms with E-state index in [2.05, 4.69) is 58.5 Å². The van der Waals surface area contributed by atoms with E-state index >= 15 is 0 Å². The molecule has 0 unspecified atom stereocenters. The third-order valence-corrected chi connectivity index (χ3v) is 6.22. The predicted octanol–water partition coefficient (Wildman–Crippen LogP) is 3.23. The normalized spacial score (nSPS) is 18.7. The number of hydrogen-bond donors (Lipinski definition) is 2. The van der Waals surface area contributed by atoms with Crippen LogP contribution in [0.15, 0.2) is 24.4 Å². The summed E-state index contributed by atoms with van der Waals surface area (Å²) in [6.45, 7) is 7.69. The molecular formula is C25H31N7O2. The third kappa shape index (κ3) is 4.12. The van der Waals surface area contributed by atoms with Gasteiger partial charge in [0, 0.05) is 31.1 Å². The first-order valence-electron chi connectivity index (χ1n) is 11.6. The van der Waals surface area contributed by atoms with Gasteiger partial charge in [0.25, 0.3) is 0 Å². The highest BCUT2D eigenvalue weighted by molar-refractivity contribution is 5.93. The standard InChI is InChI=1S/C25H31N7O2/c1-15(33)12-32-24-14-30(4)13-16(2)34-25-21(11-26-31(25)5)18-6-8-22-20(10-18)23(28-27-22)9-7-19(24)17(3)29-32/h6-11,15-16,33H,12-14H2,1-5H3,(H,27,28)/b9-7-/t15-,16+/m1/s1. The number of benzene rings is 1. The molecule has 3 aromatic heterocycles. The summed E-state index contributed by atoms with van der Waals surface area (Å²) in [5, 5.41) is 27.9. The molecule has 0 saturated heterocycles. The number of nitrogens with one attached hydrogen (secondary N) is 1. The molecular weight excluding hydrogens is 430 g/mol. The van der Waals surface area contributed by atoms with Gasteiger partial charge in [-0.15, -0.1) is 0 Å². The Morgan fingerprint density at radius 3 is 2.88 bits per heavy atom. The molecule has 0 fully saturated rings. The van der Waals surface area contributed by atoms with Gasteiger partial charge in [0.15, 0.2) is 0 Å². The highest BCUT2D eigenvalue weighted by Gasteiger charge is 2.21. The van der Waals surface area contributed by atoms with Gasteiger partial charge in [-0.25, -0.2) is 4.68 Å². The molecule has 9 nitrogen and oxygen atoms in total. The van der Waals surface area contributed by atoms with Gasteiger partial charge in [-0.1, -0.05) is 6.07 Å². The van der Waals surface area contributed by atoms with E-state index in [1.54, 1.807) is 11.6 Å². The van der Waals surface area contributed by atoms with E-state index in [9.17, 15) is 5.11 Å². The van der Waals surface area contributed by atoms with Crippen LogP contribution in [0.2, 0.25) is 0 Å². The molecule has 0 spiro atoms. The lowest BCUT2D eigenvalue weighted by molar-refractivity contribution is 0.143. The van der Waals surface area contributed by atoms with Gasteiger partial charge in [-0.3, -0.25) is 14.7 Å². The molecule has 178 valence electrons. The van der Waals surface area contributed by atoms with Crippen molar-refractivity contribution >= 4 is 23.1 Å². The number of hydrogen-bond acceptors (Lipinski definition) is 6. The van der Waals surface area contributed by atoms with Crippen molar-refractivity contribution in [2.75, 3.05) is 13.6 Å². The molecule has 1 aromatic carbocycles. The molecule has 0 saturated carbocycles. The number of aromatic nitrogens is 6. The molecule has 2 N–H and O–H groups in total. The average Bonchev–Trinajstić information content (AvgIpc) is 3.42. The van der Waals surface area contributed by atoms with Crippen molar-refractivity contribution in [2.24, 2.45) is 7.05 Å². The topological polar surface area (TPSA) is 97.0 Å².